The maximum absolute atomic E-state index is 12.1. The average molecular weight is 288 g/mol. The molecule has 1 aliphatic rings. The number of aromatic nitrogens is 1. The lowest BCUT2D eigenvalue weighted by Gasteiger charge is -2.31. The van der Waals surface area contributed by atoms with Gasteiger partial charge in [-0.15, -0.1) is 0 Å². The van der Waals surface area contributed by atoms with Crippen molar-refractivity contribution in [3.8, 4) is 5.88 Å². The monoisotopic (exact) mass is 288 g/mol. The molecular weight excluding hydrogens is 272 g/mol. The molecule has 6 heteroatoms. The Bertz CT molecular complexity index is 571. The van der Waals surface area contributed by atoms with Crippen molar-refractivity contribution >= 4 is 5.91 Å². The molecule has 3 rings (SSSR count). The molecule has 0 bridgehead atoms. The molecule has 1 N–H and O–H groups in total. The predicted molar refractivity (Wildman–Crippen MR) is 74.1 cm³/mol. The predicted octanol–water partition coefficient (Wildman–Crippen LogP) is 1.64. The van der Waals surface area contributed by atoms with Crippen LogP contribution in [0.25, 0.3) is 0 Å². The average Bonchev–Trinajstić information content (AvgIpc) is 3.05. The normalized spacial score (nSPS) is 21.7. The molecule has 2 atom stereocenters. The number of carbonyl (C=O) groups is 1. The molecule has 3 heterocycles. The van der Waals surface area contributed by atoms with E-state index in [4.69, 9.17) is 13.9 Å². The molecule has 1 amide bonds. The lowest BCUT2D eigenvalue weighted by Crippen LogP contribution is -2.51. The van der Waals surface area contributed by atoms with Crippen molar-refractivity contribution in [3.63, 3.8) is 0 Å². The summed E-state index contributed by atoms with van der Waals surface area (Å²) >= 11 is 0. The van der Waals surface area contributed by atoms with Crippen LogP contribution in [0.4, 0.5) is 0 Å². The Balaban J connectivity index is 1.65. The van der Waals surface area contributed by atoms with E-state index < -0.39 is 0 Å². The Morgan fingerprint density at radius 2 is 2.33 bits per heavy atom. The fraction of sp³-hybridized carbons (Fsp3) is 0.333. The summed E-state index contributed by atoms with van der Waals surface area (Å²) in [5.74, 6) is 0.348. The minimum Gasteiger partial charge on any atom is -0.472 e. The van der Waals surface area contributed by atoms with E-state index in [0.717, 1.165) is 0 Å². The van der Waals surface area contributed by atoms with Crippen molar-refractivity contribution in [1.82, 2.24) is 10.3 Å². The van der Waals surface area contributed by atoms with Crippen LogP contribution in [-0.2, 0) is 4.74 Å². The molecule has 1 saturated heterocycles. The number of rotatable bonds is 4. The van der Waals surface area contributed by atoms with Gasteiger partial charge in [0.05, 0.1) is 31.1 Å². The summed E-state index contributed by atoms with van der Waals surface area (Å²) in [7, 11) is 0. The summed E-state index contributed by atoms with van der Waals surface area (Å²) < 4.78 is 16.2. The molecule has 0 spiro atoms. The molecule has 0 saturated carbocycles. The molecule has 0 aromatic carbocycles. The third kappa shape index (κ3) is 3.41. The zero-order valence-corrected chi connectivity index (χ0v) is 11.4. The maximum atomic E-state index is 12.1. The number of nitrogens with one attached hydrogen (secondary N) is 1. The molecule has 0 aliphatic carbocycles. The van der Waals surface area contributed by atoms with Gasteiger partial charge in [0.2, 0.25) is 5.88 Å². The van der Waals surface area contributed by atoms with Crippen LogP contribution in [0.2, 0.25) is 0 Å². The Morgan fingerprint density at radius 1 is 1.38 bits per heavy atom. The van der Waals surface area contributed by atoms with Crippen LogP contribution < -0.4 is 10.1 Å². The van der Waals surface area contributed by atoms with Gasteiger partial charge in [0, 0.05) is 18.7 Å². The highest BCUT2D eigenvalue weighted by atomic mass is 16.5. The molecule has 110 valence electrons. The van der Waals surface area contributed by atoms with E-state index in [0.29, 0.717) is 31.1 Å². The van der Waals surface area contributed by atoms with Gasteiger partial charge in [-0.1, -0.05) is 6.07 Å². The molecular formula is C15H16N2O4. The van der Waals surface area contributed by atoms with E-state index in [2.05, 4.69) is 10.3 Å². The summed E-state index contributed by atoms with van der Waals surface area (Å²) in [6, 6.07) is 6.89. The van der Waals surface area contributed by atoms with Crippen LogP contribution in [0.3, 0.4) is 0 Å². The summed E-state index contributed by atoms with van der Waals surface area (Å²) in [6.45, 7) is 1.02. The maximum Gasteiger partial charge on any atom is 0.254 e. The number of furan rings is 1. The van der Waals surface area contributed by atoms with Gasteiger partial charge in [-0.2, -0.15) is 0 Å². The molecule has 21 heavy (non-hydrogen) atoms. The number of ether oxygens (including phenoxy) is 2. The van der Waals surface area contributed by atoms with Gasteiger partial charge in [-0.05, 0) is 12.1 Å². The highest BCUT2D eigenvalue weighted by Crippen LogP contribution is 2.16. The molecule has 0 unspecified atom stereocenters. The summed E-state index contributed by atoms with van der Waals surface area (Å²) in [5, 5.41) is 2.91. The van der Waals surface area contributed by atoms with E-state index in [1.165, 1.54) is 12.5 Å². The van der Waals surface area contributed by atoms with Crippen LogP contribution in [0.5, 0.6) is 5.88 Å². The third-order valence-electron chi connectivity index (χ3n) is 3.30. The number of hydrogen-bond acceptors (Lipinski definition) is 5. The zero-order chi connectivity index (χ0) is 14.5. The van der Waals surface area contributed by atoms with Gasteiger partial charge >= 0.3 is 0 Å². The topological polar surface area (TPSA) is 73.6 Å². The Kier molecular flexibility index (Phi) is 4.16. The molecule has 6 nitrogen and oxygen atoms in total. The first-order valence-electron chi connectivity index (χ1n) is 6.81. The lowest BCUT2D eigenvalue weighted by atomic mass is 10.1. The Hall–Kier alpha value is -2.34. The van der Waals surface area contributed by atoms with Gasteiger partial charge in [-0.25, -0.2) is 4.98 Å². The van der Waals surface area contributed by atoms with Gasteiger partial charge in [-0.3, -0.25) is 4.79 Å². The standard InChI is InChI=1S/C15H16N2O4/c18-15(11-4-7-19-9-11)17-12-10-20-8-5-13(12)21-14-3-1-2-6-16-14/h1-4,6-7,9,12-13H,5,8,10H2,(H,17,18)/t12-,13-/m1/s1. The minimum atomic E-state index is -0.219. The van der Waals surface area contributed by atoms with Crippen LogP contribution in [-0.4, -0.2) is 36.3 Å². The molecule has 0 radical (unpaired) electrons. The molecule has 2 aromatic rings. The molecule has 1 aliphatic heterocycles. The van der Waals surface area contributed by atoms with Crippen molar-refractivity contribution in [1.29, 1.82) is 0 Å². The van der Waals surface area contributed by atoms with Gasteiger partial charge < -0.3 is 19.2 Å². The summed E-state index contributed by atoms with van der Waals surface area (Å²) in [5.41, 5.74) is 0.483. The van der Waals surface area contributed by atoms with Crippen molar-refractivity contribution in [2.75, 3.05) is 13.2 Å². The van der Waals surface area contributed by atoms with Crippen LogP contribution >= 0.6 is 0 Å². The first-order chi connectivity index (χ1) is 10.3. The van der Waals surface area contributed by atoms with E-state index in [1.54, 1.807) is 18.3 Å². The Labute approximate surface area is 122 Å². The second kappa shape index (κ2) is 6.41. The van der Waals surface area contributed by atoms with Crippen molar-refractivity contribution in [2.24, 2.45) is 0 Å². The van der Waals surface area contributed by atoms with Crippen LogP contribution in [0.1, 0.15) is 16.8 Å². The summed E-state index contributed by atoms with van der Waals surface area (Å²) in [6.07, 6.45) is 5.09. The molecule has 2 aromatic heterocycles. The summed E-state index contributed by atoms with van der Waals surface area (Å²) in [4.78, 5) is 16.2. The second-order valence-electron chi connectivity index (χ2n) is 4.78. The highest BCUT2D eigenvalue weighted by Gasteiger charge is 2.29. The second-order valence-corrected chi connectivity index (χ2v) is 4.78. The zero-order valence-electron chi connectivity index (χ0n) is 11.4. The van der Waals surface area contributed by atoms with Crippen LogP contribution in [0.15, 0.2) is 47.4 Å². The number of nitrogens with zero attached hydrogens (tertiary/aromatic N) is 1. The fourth-order valence-corrected chi connectivity index (χ4v) is 2.21. The minimum absolute atomic E-state index is 0.162. The third-order valence-corrected chi connectivity index (χ3v) is 3.30. The highest BCUT2D eigenvalue weighted by molar-refractivity contribution is 5.94. The Morgan fingerprint density at radius 3 is 3.10 bits per heavy atom. The van der Waals surface area contributed by atoms with Crippen molar-refractivity contribution in [2.45, 2.75) is 18.6 Å². The van der Waals surface area contributed by atoms with E-state index in [9.17, 15) is 4.79 Å². The number of pyridine rings is 1. The molecule has 1 fully saturated rings. The lowest BCUT2D eigenvalue weighted by molar-refractivity contribution is -0.00449. The van der Waals surface area contributed by atoms with E-state index in [1.807, 2.05) is 12.1 Å². The van der Waals surface area contributed by atoms with Gasteiger partial charge in [0.1, 0.15) is 12.4 Å². The largest absolute Gasteiger partial charge is 0.472 e. The van der Waals surface area contributed by atoms with Crippen LogP contribution in [0, 0.1) is 0 Å². The quantitative estimate of drug-likeness (QED) is 0.926. The van der Waals surface area contributed by atoms with Gasteiger partial charge in [0.15, 0.2) is 0 Å². The van der Waals surface area contributed by atoms with E-state index in [-0.39, 0.29) is 18.1 Å². The van der Waals surface area contributed by atoms with Gasteiger partial charge in [0.25, 0.3) is 5.91 Å². The van der Waals surface area contributed by atoms with E-state index >= 15 is 0 Å². The number of amides is 1. The first-order valence-corrected chi connectivity index (χ1v) is 6.81. The van der Waals surface area contributed by atoms with Crippen molar-refractivity contribution < 1.29 is 18.7 Å². The smallest absolute Gasteiger partial charge is 0.254 e. The SMILES string of the molecule is O=C(N[C@@H]1COCC[C@H]1Oc1ccccn1)c1ccoc1. The number of carbonyl (C=O) groups excluding carboxylic acids is 1. The first kappa shape index (κ1) is 13.6. The number of hydrogen-bond donors (Lipinski definition) is 1. The fourth-order valence-electron chi connectivity index (χ4n) is 2.21. The van der Waals surface area contributed by atoms with Crippen molar-refractivity contribution in [3.05, 3.63) is 48.6 Å².